The maximum absolute atomic E-state index is 12.4. The quantitative estimate of drug-likeness (QED) is 0.678. The summed E-state index contributed by atoms with van der Waals surface area (Å²) < 4.78 is 47.3. The Hall–Kier alpha value is -1.15. The second-order valence-electron chi connectivity index (χ2n) is 5.27. The third-order valence-corrected chi connectivity index (χ3v) is 3.39. The summed E-state index contributed by atoms with van der Waals surface area (Å²) in [4.78, 5) is 4.22. The Labute approximate surface area is 120 Å². The predicted octanol–water partition coefficient (Wildman–Crippen LogP) is 3.85. The number of halogens is 3. The molecule has 21 heavy (non-hydrogen) atoms. The van der Waals surface area contributed by atoms with E-state index in [0.717, 1.165) is 5.56 Å². The molecule has 1 heterocycles. The van der Waals surface area contributed by atoms with Crippen LogP contribution in [0.1, 0.15) is 37.2 Å². The van der Waals surface area contributed by atoms with Gasteiger partial charge in [-0.3, -0.25) is 0 Å². The van der Waals surface area contributed by atoms with Crippen LogP contribution in [0.2, 0.25) is 0 Å². The first-order valence-electron chi connectivity index (χ1n) is 6.56. The lowest BCUT2D eigenvalue weighted by molar-refractivity contribution is -0.391. The van der Waals surface area contributed by atoms with Crippen molar-refractivity contribution in [3.8, 4) is 0 Å². The van der Waals surface area contributed by atoms with Crippen LogP contribution in [0.15, 0.2) is 24.3 Å². The fourth-order valence-electron chi connectivity index (χ4n) is 2.53. The van der Waals surface area contributed by atoms with Gasteiger partial charge >= 0.3 is 6.18 Å². The molecule has 0 unspecified atom stereocenters. The van der Waals surface area contributed by atoms with Crippen molar-refractivity contribution in [2.75, 3.05) is 6.61 Å². The van der Waals surface area contributed by atoms with E-state index in [0.29, 0.717) is 5.56 Å². The summed E-state index contributed by atoms with van der Waals surface area (Å²) in [7, 11) is 0. The van der Waals surface area contributed by atoms with E-state index in [4.69, 9.17) is 14.7 Å². The van der Waals surface area contributed by atoms with Crippen molar-refractivity contribution in [1.82, 2.24) is 0 Å². The van der Waals surface area contributed by atoms with Gasteiger partial charge in [0.15, 0.2) is 6.29 Å². The van der Waals surface area contributed by atoms with Crippen LogP contribution in [0.25, 0.3) is 0 Å². The molecular weight excluding hydrogens is 289 g/mol. The maximum Gasteiger partial charge on any atom is 0.411 e. The molecular formula is C14H17F3O4. The molecule has 0 saturated carbocycles. The predicted molar refractivity (Wildman–Crippen MR) is 67.4 cm³/mol. The van der Waals surface area contributed by atoms with Gasteiger partial charge in [-0.1, -0.05) is 38.1 Å². The molecule has 1 aliphatic rings. The average molecular weight is 306 g/mol. The summed E-state index contributed by atoms with van der Waals surface area (Å²) in [6, 6.07) is 6.99. The number of hydrogen-bond acceptors (Lipinski definition) is 4. The summed E-state index contributed by atoms with van der Waals surface area (Å²) in [6.45, 7) is 2.32. The lowest BCUT2D eigenvalue weighted by Crippen LogP contribution is -2.38. The van der Waals surface area contributed by atoms with Crippen molar-refractivity contribution < 1.29 is 32.8 Å². The van der Waals surface area contributed by atoms with Gasteiger partial charge in [-0.2, -0.15) is 13.2 Å². The van der Waals surface area contributed by atoms with Crippen molar-refractivity contribution in [3.05, 3.63) is 35.4 Å². The molecule has 2 rings (SSSR count). The standard InChI is InChI=1S/C14H17F3O4/c1-8(2)11-9-5-3-4-6-10(9)12(21-18)20-13(11)19-7-14(15,16)17/h3-6,8,11-13,18H,7H2,1-2H3/t11-,12-,13-/m0/s1. The summed E-state index contributed by atoms with van der Waals surface area (Å²) in [5.74, 6) is -0.390. The Morgan fingerprint density at radius 1 is 1.24 bits per heavy atom. The molecule has 7 heteroatoms. The highest BCUT2D eigenvalue weighted by atomic mass is 19.4. The number of rotatable bonds is 4. The molecule has 0 fully saturated rings. The molecule has 1 aromatic rings. The summed E-state index contributed by atoms with van der Waals surface area (Å²) in [5.41, 5.74) is 1.34. The van der Waals surface area contributed by atoms with Gasteiger partial charge in [-0.05, 0) is 11.5 Å². The third kappa shape index (κ3) is 3.74. The lowest BCUT2D eigenvalue weighted by Gasteiger charge is -2.38. The minimum absolute atomic E-state index is 0.0102. The normalized spacial score (nSPS) is 26.0. The van der Waals surface area contributed by atoms with Crippen LogP contribution in [0.3, 0.4) is 0 Å². The molecule has 1 aliphatic heterocycles. The van der Waals surface area contributed by atoms with Crippen LogP contribution in [-0.2, 0) is 14.4 Å². The van der Waals surface area contributed by atoms with Gasteiger partial charge in [-0.25, -0.2) is 10.1 Å². The first-order chi connectivity index (χ1) is 9.83. The Morgan fingerprint density at radius 2 is 1.86 bits per heavy atom. The molecule has 4 nitrogen and oxygen atoms in total. The number of benzene rings is 1. The Kier molecular flexibility index (Phi) is 4.88. The first kappa shape index (κ1) is 16.2. The van der Waals surface area contributed by atoms with Gasteiger partial charge in [0.1, 0.15) is 6.61 Å². The summed E-state index contributed by atoms with van der Waals surface area (Å²) in [5, 5.41) is 8.91. The minimum atomic E-state index is -4.45. The number of ether oxygens (including phenoxy) is 2. The minimum Gasteiger partial charge on any atom is -0.342 e. The van der Waals surface area contributed by atoms with E-state index in [2.05, 4.69) is 4.89 Å². The largest absolute Gasteiger partial charge is 0.411 e. The van der Waals surface area contributed by atoms with E-state index in [1.165, 1.54) is 0 Å². The molecule has 0 bridgehead atoms. The summed E-state index contributed by atoms with van der Waals surface area (Å²) in [6.07, 6.45) is -6.75. The molecule has 0 saturated heterocycles. The van der Waals surface area contributed by atoms with Crippen molar-refractivity contribution in [3.63, 3.8) is 0 Å². The second-order valence-corrected chi connectivity index (χ2v) is 5.27. The highest BCUT2D eigenvalue weighted by Crippen LogP contribution is 2.42. The van der Waals surface area contributed by atoms with Gasteiger partial charge in [0.2, 0.25) is 6.29 Å². The maximum atomic E-state index is 12.4. The van der Waals surface area contributed by atoms with E-state index in [-0.39, 0.29) is 11.8 Å². The van der Waals surface area contributed by atoms with Gasteiger partial charge in [0.05, 0.1) is 0 Å². The van der Waals surface area contributed by atoms with Gasteiger partial charge < -0.3 is 9.47 Å². The first-order valence-corrected chi connectivity index (χ1v) is 6.56. The van der Waals surface area contributed by atoms with Crippen LogP contribution in [0.5, 0.6) is 0 Å². The number of hydrogen-bond donors (Lipinski definition) is 1. The highest BCUT2D eigenvalue weighted by Gasteiger charge is 2.41. The topological polar surface area (TPSA) is 47.9 Å². The average Bonchev–Trinajstić information content (AvgIpc) is 2.42. The Morgan fingerprint density at radius 3 is 2.38 bits per heavy atom. The molecule has 0 spiro atoms. The van der Waals surface area contributed by atoms with E-state index < -0.39 is 25.4 Å². The van der Waals surface area contributed by atoms with Crippen molar-refractivity contribution >= 4 is 0 Å². The fraction of sp³-hybridized carbons (Fsp3) is 0.571. The van der Waals surface area contributed by atoms with E-state index in [1.54, 1.807) is 24.3 Å². The molecule has 0 aliphatic carbocycles. The molecule has 3 atom stereocenters. The number of fused-ring (bicyclic) bond motifs is 1. The Balaban J connectivity index is 2.29. The molecule has 1 aromatic carbocycles. The molecule has 1 N–H and O–H groups in total. The third-order valence-electron chi connectivity index (χ3n) is 3.39. The van der Waals surface area contributed by atoms with E-state index in [1.807, 2.05) is 13.8 Å². The van der Waals surface area contributed by atoms with Crippen LogP contribution >= 0.6 is 0 Å². The highest BCUT2D eigenvalue weighted by molar-refractivity contribution is 5.34. The molecule has 118 valence electrons. The molecule has 0 aromatic heterocycles. The zero-order valence-corrected chi connectivity index (χ0v) is 11.6. The van der Waals surface area contributed by atoms with Crippen LogP contribution in [0.4, 0.5) is 13.2 Å². The van der Waals surface area contributed by atoms with Crippen molar-refractivity contribution in [1.29, 1.82) is 0 Å². The monoisotopic (exact) mass is 306 g/mol. The van der Waals surface area contributed by atoms with E-state index in [9.17, 15) is 13.2 Å². The van der Waals surface area contributed by atoms with E-state index >= 15 is 0 Å². The smallest absolute Gasteiger partial charge is 0.342 e. The summed E-state index contributed by atoms with van der Waals surface area (Å²) >= 11 is 0. The molecule has 0 radical (unpaired) electrons. The van der Waals surface area contributed by atoms with Crippen LogP contribution in [-0.4, -0.2) is 24.3 Å². The van der Waals surface area contributed by atoms with Gasteiger partial charge in [-0.15, -0.1) is 0 Å². The fourth-order valence-corrected chi connectivity index (χ4v) is 2.53. The zero-order valence-electron chi connectivity index (χ0n) is 11.6. The number of alkyl halides is 3. The lowest BCUT2D eigenvalue weighted by atomic mass is 9.83. The van der Waals surface area contributed by atoms with Crippen molar-refractivity contribution in [2.24, 2.45) is 5.92 Å². The Bertz CT molecular complexity index is 476. The zero-order chi connectivity index (χ0) is 15.6. The second kappa shape index (κ2) is 6.31. The van der Waals surface area contributed by atoms with Gasteiger partial charge in [0, 0.05) is 11.5 Å². The van der Waals surface area contributed by atoms with Crippen LogP contribution < -0.4 is 0 Å². The van der Waals surface area contributed by atoms with Crippen molar-refractivity contribution in [2.45, 2.75) is 38.5 Å². The van der Waals surface area contributed by atoms with Crippen LogP contribution in [0, 0.1) is 5.92 Å². The van der Waals surface area contributed by atoms with Gasteiger partial charge in [0.25, 0.3) is 0 Å². The molecule has 0 amide bonds. The SMILES string of the molecule is CC(C)[C@H]1c2ccccc2[C@H](OO)O[C@@H]1OCC(F)(F)F.